The van der Waals surface area contributed by atoms with Crippen molar-refractivity contribution in [1.82, 2.24) is 10.3 Å². The fourth-order valence-corrected chi connectivity index (χ4v) is 3.99. The highest BCUT2D eigenvalue weighted by atomic mass is 19.1. The van der Waals surface area contributed by atoms with Crippen LogP contribution in [0.4, 0.5) is 13.2 Å². The summed E-state index contributed by atoms with van der Waals surface area (Å²) >= 11 is 0. The molecule has 4 rings (SSSR count). The zero-order chi connectivity index (χ0) is 27.9. The van der Waals surface area contributed by atoms with Crippen LogP contribution in [0.3, 0.4) is 0 Å². The predicted molar refractivity (Wildman–Crippen MR) is 136 cm³/mol. The molecule has 0 spiro atoms. The van der Waals surface area contributed by atoms with Crippen LogP contribution in [0.1, 0.15) is 39.4 Å². The van der Waals surface area contributed by atoms with Crippen molar-refractivity contribution in [3.8, 4) is 17.2 Å². The third-order valence-electron chi connectivity index (χ3n) is 5.98. The molecule has 0 aliphatic carbocycles. The summed E-state index contributed by atoms with van der Waals surface area (Å²) < 4.78 is 52.9. The molecule has 1 aromatic heterocycles. The van der Waals surface area contributed by atoms with Gasteiger partial charge in [0.15, 0.2) is 0 Å². The number of oxazole rings is 1. The molecule has 1 heterocycles. The molecule has 0 aliphatic rings. The number of benzene rings is 3. The topological polar surface area (TPSA) is 102 Å². The van der Waals surface area contributed by atoms with E-state index < -0.39 is 34.9 Å². The second-order valence-corrected chi connectivity index (χ2v) is 8.74. The number of nitrogens with one attached hydrogen (secondary N) is 1. The Morgan fingerprint density at radius 2 is 1.69 bits per heavy atom. The van der Waals surface area contributed by atoms with E-state index in [9.17, 15) is 22.8 Å². The standard InChI is InChI=1S/C29H25F3N2O5/c1-17-25(34-29(39-17)19-5-3-2-4-6-19)11-12-38-22-9-7-18(8-10-26(35)36)20(13-22)16-33-28(37)27-23(31)14-21(30)15-24(27)32/h2-7,9,13-15H,8,10-12,16H2,1H3,(H,33,37)(H,35,36). The minimum Gasteiger partial charge on any atom is -0.493 e. The van der Waals surface area contributed by atoms with E-state index in [0.717, 1.165) is 11.3 Å². The third kappa shape index (κ3) is 7.04. The maximum absolute atomic E-state index is 14.0. The van der Waals surface area contributed by atoms with Gasteiger partial charge in [-0.2, -0.15) is 0 Å². The highest BCUT2D eigenvalue weighted by Gasteiger charge is 2.19. The maximum atomic E-state index is 14.0. The SMILES string of the molecule is Cc1oc(-c2ccccc2)nc1CCOc1ccc(CCC(=O)O)c(CNC(=O)c2c(F)cc(F)cc2F)c1. The number of hydrogen-bond acceptors (Lipinski definition) is 5. The van der Waals surface area contributed by atoms with Gasteiger partial charge in [-0.3, -0.25) is 9.59 Å². The van der Waals surface area contributed by atoms with Gasteiger partial charge >= 0.3 is 5.97 Å². The maximum Gasteiger partial charge on any atom is 0.303 e. The average Bonchev–Trinajstić information content (AvgIpc) is 3.27. The predicted octanol–water partition coefficient (Wildman–Crippen LogP) is 5.64. The van der Waals surface area contributed by atoms with E-state index in [1.165, 1.54) is 0 Å². The lowest BCUT2D eigenvalue weighted by atomic mass is 10.0. The van der Waals surface area contributed by atoms with Crippen LogP contribution in [0.15, 0.2) is 65.1 Å². The van der Waals surface area contributed by atoms with E-state index in [2.05, 4.69) is 10.3 Å². The van der Waals surface area contributed by atoms with Gasteiger partial charge in [-0.05, 0) is 48.7 Å². The molecule has 0 fully saturated rings. The molecule has 0 radical (unpaired) electrons. The summed E-state index contributed by atoms with van der Waals surface area (Å²) in [7, 11) is 0. The summed E-state index contributed by atoms with van der Waals surface area (Å²) in [4.78, 5) is 28.1. The summed E-state index contributed by atoms with van der Waals surface area (Å²) in [5.41, 5.74) is 1.81. The largest absolute Gasteiger partial charge is 0.493 e. The fourth-order valence-electron chi connectivity index (χ4n) is 3.99. The molecule has 39 heavy (non-hydrogen) atoms. The van der Waals surface area contributed by atoms with Crippen LogP contribution in [-0.4, -0.2) is 28.6 Å². The average molecular weight is 539 g/mol. The second kappa shape index (κ2) is 12.3. The van der Waals surface area contributed by atoms with Gasteiger partial charge < -0.3 is 19.6 Å². The molecule has 2 N–H and O–H groups in total. The van der Waals surface area contributed by atoms with Gasteiger partial charge in [0.2, 0.25) is 5.89 Å². The van der Waals surface area contributed by atoms with Crippen molar-refractivity contribution in [2.24, 2.45) is 0 Å². The molecule has 0 bridgehead atoms. The summed E-state index contributed by atoms with van der Waals surface area (Å²) in [6, 6.07) is 15.3. The molecule has 3 aromatic carbocycles. The first-order valence-corrected chi connectivity index (χ1v) is 12.1. The van der Waals surface area contributed by atoms with Crippen molar-refractivity contribution in [2.45, 2.75) is 32.7 Å². The Morgan fingerprint density at radius 1 is 0.974 bits per heavy atom. The lowest BCUT2D eigenvalue weighted by Crippen LogP contribution is -2.26. The van der Waals surface area contributed by atoms with Crippen molar-refractivity contribution in [3.05, 3.63) is 106 Å². The molecule has 0 aliphatic heterocycles. The molecule has 202 valence electrons. The zero-order valence-electron chi connectivity index (χ0n) is 21.0. The number of carboxylic acids is 1. The summed E-state index contributed by atoms with van der Waals surface area (Å²) in [6.45, 7) is 1.91. The minimum absolute atomic E-state index is 0.155. The number of ether oxygens (including phenoxy) is 1. The number of aliphatic carboxylic acids is 1. The number of aryl methyl sites for hydroxylation is 2. The Labute approximate surface area is 222 Å². The zero-order valence-corrected chi connectivity index (χ0v) is 21.0. The van der Waals surface area contributed by atoms with E-state index >= 15 is 0 Å². The summed E-state index contributed by atoms with van der Waals surface area (Å²) in [5, 5.41) is 11.5. The first-order valence-electron chi connectivity index (χ1n) is 12.1. The van der Waals surface area contributed by atoms with Gasteiger partial charge in [0.25, 0.3) is 5.91 Å². The van der Waals surface area contributed by atoms with E-state index in [-0.39, 0.29) is 26.0 Å². The van der Waals surface area contributed by atoms with Gasteiger partial charge in [-0.15, -0.1) is 0 Å². The van der Waals surface area contributed by atoms with E-state index in [0.29, 0.717) is 47.1 Å². The van der Waals surface area contributed by atoms with Crippen molar-refractivity contribution in [3.63, 3.8) is 0 Å². The number of amides is 1. The first kappa shape index (κ1) is 27.4. The van der Waals surface area contributed by atoms with Gasteiger partial charge in [0.1, 0.15) is 34.5 Å². The Kier molecular flexibility index (Phi) is 8.65. The molecule has 0 atom stereocenters. The number of hydrogen-bond donors (Lipinski definition) is 2. The van der Waals surface area contributed by atoms with E-state index in [1.54, 1.807) is 18.2 Å². The fraction of sp³-hybridized carbons (Fsp3) is 0.207. The summed E-state index contributed by atoms with van der Waals surface area (Å²) in [6.07, 6.45) is 0.468. The van der Waals surface area contributed by atoms with Crippen LogP contribution < -0.4 is 10.1 Å². The van der Waals surface area contributed by atoms with Gasteiger partial charge in [-0.1, -0.05) is 24.3 Å². The highest BCUT2D eigenvalue weighted by molar-refractivity contribution is 5.94. The van der Waals surface area contributed by atoms with Crippen LogP contribution >= 0.6 is 0 Å². The monoisotopic (exact) mass is 538 g/mol. The normalized spacial score (nSPS) is 10.9. The van der Waals surface area contributed by atoms with Crippen molar-refractivity contribution in [2.75, 3.05) is 6.61 Å². The first-order chi connectivity index (χ1) is 18.7. The summed E-state index contributed by atoms with van der Waals surface area (Å²) in [5.74, 6) is -4.24. The van der Waals surface area contributed by atoms with Crippen molar-refractivity contribution >= 4 is 11.9 Å². The molecular weight excluding hydrogens is 513 g/mol. The van der Waals surface area contributed by atoms with Crippen LogP contribution in [0.25, 0.3) is 11.5 Å². The molecule has 10 heteroatoms. The van der Waals surface area contributed by atoms with Crippen LogP contribution in [0, 0.1) is 24.4 Å². The quantitative estimate of drug-likeness (QED) is 0.257. The van der Waals surface area contributed by atoms with Crippen LogP contribution in [-0.2, 0) is 24.2 Å². The Morgan fingerprint density at radius 3 is 2.38 bits per heavy atom. The van der Waals surface area contributed by atoms with Gasteiger partial charge in [0.05, 0.1) is 12.3 Å². The number of rotatable bonds is 11. The third-order valence-corrected chi connectivity index (χ3v) is 5.98. The molecule has 7 nitrogen and oxygen atoms in total. The highest BCUT2D eigenvalue weighted by Crippen LogP contribution is 2.23. The molecule has 1 amide bonds. The number of carboxylic acid groups (broad SMARTS) is 1. The number of carbonyl (C=O) groups is 2. The Balaban J connectivity index is 1.44. The molecule has 4 aromatic rings. The van der Waals surface area contributed by atoms with Crippen molar-refractivity contribution < 1.29 is 37.0 Å². The number of aromatic nitrogens is 1. The molecule has 0 saturated heterocycles. The van der Waals surface area contributed by atoms with Crippen LogP contribution in [0.5, 0.6) is 5.75 Å². The van der Waals surface area contributed by atoms with Gasteiger partial charge in [0, 0.05) is 37.1 Å². The molecular formula is C29H25F3N2O5. The molecule has 0 saturated carbocycles. The number of nitrogens with zero attached hydrogens (tertiary/aromatic N) is 1. The smallest absolute Gasteiger partial charge is 0.303 e. The van der Waals surface area contributed by atoms with Gasteiger partial charge in [-0.25, -0.2) is 18.2 Å². The van der Waals surface area contributed by atoms with E-state index in [1.807, 2.05) is 37.3 Å². The second-order valence-electron chi connectivity index (χ2n) is 8.74. The van der Waals surface area contributed by atoms with Crippen LogP contribution in [0.2, 0.25) is 0 Å². The Hall–Kier alpha value is -4.60. The molecule has 0 unspecified atom stereocenters. The van der Waals surface area contributed by atoms with Crippen molar-refractivity contribution in [1.29, 1.82) is 0 Å². The lowest BCUT2D eigenvalue weighted by Gasteiger charge is -2.14. The number of carbonyl (C=O) groups excluding carboxylic acids is 1. The number of halogens is 3. The lowest BCUT2D eigenvalue weighted by molar-refractivity contribution is -0.136. The Bertz CT molecular complexity index is 1460. The van der Waals surface area contributed by atoms with E-state index in [4.69, 9.17) is 14.3 Å². The minimum atomic E-state index is -1.33.